The van der Waals surface area contributed by atoms with Crippen molar-refractivity contribution in [3.05, 3.63) is 75.0 Å². The highest BCUT2D eigenvalue weighted by Crippen LogP contribution is 2.70. The van der Waals surface area contributed by atoms with Crippen LogP contribution in [0.4, 0.5) is 0 Å². The molecule has 9 aliphatic carbocycles. The standard InChI is InChI=1S/C22H27NO5.2C22H27NO4.4CH4/c1-2-27-22-8-7-16(25)20-21(22)9-10-23(26,12-13-3-4-13)17(22)11-14-5-6-15(24)19(28-20)18(14)21;2*1-2-26-22-8-7-16(25)20-21(22)9-10-23(12-13-3-4-13)17(22)11-14-5-6-15(24)19(27-20)18(14)21;;;;/h5-6,13,17,20,24H,2-4,7-12H2,1H3;2*5-6,13,17,20,24H,2-4,7-12H2,1H3;4*1H4/t17-,20+,21+,22-,23?;2*17-,20+,21+,22-;;;;/m111..../s1. The number of likely N-dealkylation sites (tertiary alicyclic amines) is 3. The largest absolute Gasteiger partial charge is 0.632 e. The van der Waals surface area contributed by atoms with Gasteiger partial charge in [-0.1, -0.05) is 47.9 Å². The van der Waals surface area contributed by atoms with Crippen molar-refractivity contribution in [3.8, 4) is 34.5 Å². The maximum atomic E-state index is 14.2. The van der Waals surface area contributed by atoms with Crippen LogP contribution in [0.15, 0.2) is 36.4 Å². The van der Waals surface area contributed by atoms with E-state index in [-0.39, 0.29) is 98.3 Å². The Kier molecular flexibility index (Phi) is 15.1. The lowest BCUT2D eigenvalue weighted by Crippen LogP contribution is -2.81. The molecule has 1 unspecified atom stereocenters. The van der Waals surface area contributed by atoms with E-state index < -0.39 is 40.2 Å². The molecule has 16 heteroatoms. The number of carbonyl (C=O) groups is 3. The summed E-state index contributed by atoms with van der Waals surface area (Å²) in [5, 5.41) is 45.7. The van der Waals surface area contributed by atoms with E-state index >= 15 is 0 Å². The van der Waals surface area contributed by atoms with Gasteiger partial charge < -0.3 is 53.6 Å². The number of ketones is 3. The average Bonchev–Trinajstić information content (AvgIpc) is 1.36. The van der Waals surface area contributed by atoms with Crippen molar-refractivity contribution >= 4 is 17.3 Å². The molecule has 6 aliphatic heterocycles. The van der Waals surface area contributed by atoms with E-state index in [2.05, 4.69) is 23.6 Å². The van der Waals surface area contributed by atoms with Crippen molar-refractivity contribution in [1.82, 2.24) is 9.80 Å². The highest BCUT2D eigenvalue weighted by atomic mass is 16.6. The highest BCUT2D eigenvalue weighted by molar-refractivity contribution is 5.92. The number of hydrogen-bond donors (Lipinski definition) is 3. The van der Waals surface area contributed by atoms with Crippen LogP contribution in [0.3, 0.4) is 0 Å². The summed E-state index contributed by atoms with van der Waals surface area (Å²) in [4.78, 5) is 44.2. The Balaban J connectivity index is 0.000000123. The van der Waals surface area contributed by atoms with Gasteiger partial charge in [-0.3, -0.25) is 24.2 Å². The van der Waals surface area contributed by atoms with E-state index in [1.54, 1.807) is 18.2 Å². The molecule has 470 valence electrons. The van der Waals surface area contributed by atoms with Gasteiger partial charge in [-0.25, -0.2) is 0 Å². The number of hydroxylamine groups is 3. The number of phenols is 3. The lowest BCUT2D eigenvalue weighted by atomic mass is 9.48. The molecule has 86 heavy (non-hydrogen) atoms. The quantitative estimate of drug-likeness (QED) is 0.114. The Morgan fingerprint density at radius 3 is 1.26 bits per heavy atom. The average molecular weight is 1190 g/mol. The molecule has 6 saturated carbocycles. The van der Waals surface area contributed by atoms with Crippen LogP contribution in [-0.2, 0) is 64.1 Å². The fourth-order valence-corrected chi connectivity index (χ4v) is 20.6. The Labute approximate surface area is 509 Å². The summed E-state index contributed by atoms with van der Waals surface area (Å²) < 4.78 is 38.3. The van der Waals surface area contributed by atoms with E-state index in [0.717, 1.165) is 112 Å². The lowest BCUT2D eigenvalue weighted by molar-refractivity contribution is -0.924. The van der Waals surface area contributed by atoms with Crippen molar-refractivity contribution in [2.45, 2.75) is 236 Å². The molecule has 18 rings (SSSR count). The molecule has 6 heterocycles. The zero-order valence-electron chi connectivity index (χ0n) is 48.0. The van der Waals surface area contributed by atoms with Crippen LogP contribution in [0.2, 0.25) is 0 Å². The Hall–Kier alpha value is -4.81. The van der Waals surface area contributed by atoms with Crippen molar-refractivity contribution in [3.63, 3.8) is 0 Å². The molecule has 13 atom stereocenters. The SMILES string of the molecule is C.C.C.C.CCO[C@@]12CCC(=O)[C@@H]3Oc4c(O)ccc5c4[C@@]31CCN(CC1CC1)[C@@H]2C5.CCO[C@@]12CCC(=O)[C@@H]3Oc4c(O)ccc5c4[C@@]31CCN(CC1CC1)[C@@H]2C5.CCO[C@@]12CCC(=O)[C@@H]3Oc4c(O)ccc5c4[C@@]31CC[N+]([O-])(CC1CC1)[C@@H]2C5. The molecule has 16 nitrogen and oxygen atoms in total. The number of rotatable bonds is 12. The molecule has 3 saturated heterocycles. The molecule has 3 aromatic rings. The van der Waals surface area contributed by atoms with Crippen LogP contribution in [0.25, 0.3) is 0 Å². The number of ether oxygens (including phenoxy) is 6. The molecular formula is C70H97N3O13. The summed E-state index contributed by atoms with van der Waals surface area (Å²) in [6.45, 7) is 13.3. The van der Waals surface area contributed by atoms with Crippen LogP contribution in [0.1, 0.15) is 180 Å². The van der Waals surface area contributed by atoms with Gasteiger partial charge in [0.25, 0.3) is 0 Å². The van der Waals surface area contributed by atoms with Crippen molar-refractivity contribution in [2.75, 3.05) is 59.1 Å². The number of Topliss-reactive ketones (excluding diaryl/α,β-unsaturated/α-hetero) is 3. The third-order valence-corrected chi connectivity index (χ3v) is 24.1. The van der Waals surface area contributed by atoms with Gasteiger partial charge in [0.2, 0.25) is 0 Å². The second-order valence-corrected chi connectivity index (χ2v) is 27.7. The summed E-state index contributed by atoms with van der Waals surface area (Å²) in [6, 6.07) is 11.5. The van der Waals surface area contributed by atoms with E-state index in [9.17, 15) is 34.9 Å². The van der Waals surface area contributed by atoms with E-state index in [4.69, 9.17) is 28.4 Å². The van der Waals surface area contributed by atoms with E-state index in [1.165, 1.54) is 36.8 Å². The van der Waals surface area contributed by atoms with Gasteiger partial charge in [0.15, 0.2) is 70.2 Å². The summed E-state index contributed by atoms with van der Waals surface area (Å²) in [5.41, 5.74) is 3.65. The topological polar surface area (TPSA) is 197 Å². The zero-order chi connectivity index (χ0) is 56.1. The molecule has 9 fully saturated rings. The predicted molar refractivity (Wildman–Crippen MR) is 326 cm³/mol. The molecule has 3 aromatic carbocycles. The lowest BCUT2D eigenvalue weighted by Gasteiger charge is -2.68. The molecule has 0 aromatic heterocycles. The van der Waals surface area contributed by atoms with Crippen LogP contribution >= 0.6 is 0 Å². The normalized spacial score (nSPS) is 38.6. The van der Waals surface area contributed by atoms with Gasteiger partial charge in [0, 0.05) is 99.7 Å². The number of nitrogens with zero attached hydrogens (tertiary/aromatic N) is 3. The summed E-state index contributed by atoms with van der Waals surface area (Å²) in [6.07, 6.45) is 14.3. The Morgan fingerprint density at radius 2 is 0.872 bits per heavy atom. The molecule has 3 N–H and O–H groups in total. The first-order chi connectivity index (χ1) is 39.7. The van der Waals surface area contributed by atoms with Crippen molar-refractivity contribution in [2.24, 2.45) is 17.8 Å². The minimum Gasteiger partial charge on any atom is -0.632 e. The summed E-state index contributed by atoms with van der Waals surface area (Å²) >= 11 is 0. The molecular weight excluding hydrogens is 1090 g/mol. The zero-order valence-corrected chi connectivity index (χ0v) is 48.0. The minimum atomic E-state index is -0.693. The minimum absolute atomic E-state index is 0. The molecule has 15 aliphatic rings. The number of phenolic OH excluding ortho intramolecular Hbond substituents is 3. The summed E-state index contributed by atoms with van der Waals surface area (Å²) in [5.74, 6) is 4.56. The number of quaternary nitrogens is 1. The smallest absolute Gasteiger partial charge is 0.174 e. The first kappa shape index (κ1) is 61.4. The molecule has 0 radical (unpaired) electrons. The third-order valence-electron chi connectivity index (χ3n) is 24.1. The third kappa shape index (κ3) is 7.86. The van der Waals surface area contributed by atoms with Gasteiger partial charge in [-0.05, 0) is 164 Å². The van der Waals surface area contributed by atoms with Crippen LogP contribution in [0, 0.1) is 23.0 Å². The van der Waals surface area contributed by atoms with Gasteiger partial charge in [-0.15, -0.1) is 0 Å². The van der Waals surface area contributed by atoms with Crippen LogP contribution in [0.5, 0.6) is 34.5 Å². The number of carbonyl (C=O) groups excluding carboxylic acids is 3. The van der Waals surface area contributed by atoms with Crippen molar-refractivity contribution in [1.29, 1.82) is 0 Å². The van der Waals surface area contributed by atoms with E-state index in [1.807, 2.05) is 25.1 Å². The first-order valence-corrected chi connectivity index (χ1v) is 31.8. The fourth-order valence-electron chi connectivity index (χ4n) is 20.6. The fraction of sp³-hybridized carbons (Fsp3) is 0.700. The second-order valence-electron chi connectivity index (χ2n) is 27.7. The highest BCUT2D eigenvalue weighted by Gasteiger charge is 2.79. The second kappa shape index (κ2) is 21.2. The Morgan fingerprint density at radius 1 is 0.512 bits per heavy atom. The van der Waals surface area contributed by atoms with E-state index in [0.29, 0.717) is 94.6 Å². The summed E-state index contributed by atoms with van der Waals surface area (Å²) in [7, 11) is 0. The molecule has 6 bridgehead atoms. The van der Waals surface area contributed by atoms with Gasteiger partial charge in [0.05, 0.1) is 40.5 Å². The number of piperidine rings is 3. The van der Waals surface area contributed by atoms with Crippen LogP contribution < -0.4 is 14.2 Å². The number of aromatic hydroxyl groups is 3. The number of benzene rings is 3. The van der Waals surface area contributed by atoms with Gasteiger partial charge in [-0.2, -0.15) is 0 Å². The number of hydrogen-bond acceptors (Lipinski definition) is 15. The monoisotopic (exact) mass is 1190 g/mol. The van der Waals surface area contributed by atoms with Crippen LogP contribution in [-0.4, -0.2) is 159 Å². The van der Waals surface area contributed by atoms with Gasteiger partial charge >= 0.3 is 0 Å². The first-order valence-electron chi connectivity index (χ1n) is 31.8. The maximum absolute atomic E-state index is 14.2. The maximum Gasteiger partial charge on any atom is 0.174 e. The Bertz CT molecular complexity index is 3080. The predicted octanol–water partition coefficient (Wildman–Crippen LogP) is 10.3. The molecule has 0 amide bonds. The van der Waals surface area contributed by atoms with Gasteiger partial charge in [0.1, 0.15) is 11.6 Å². The molecule has 3 spiro atoms. The van der Waals surface area contributed by atoms with Crippen molar-refractivity contribution < 1.29 is 62.8 Å².